The van der Waals surface area contributed by atoms with Crippen molar-refractivity contribution in [2.24, 2.45) is 7.05 Å². The molecule has 2 aromatic rings. The molecular formula is C14H17ClN4OS. The van der Waals surface area contributed by atoms with E-state index in [1.165, 1.54) is 10.4 Å². The fraction of sp³-hybridized carbons (Fsp3) is 0.571. The van der Waals surface area contributed by atoms with E-state index >= 15 is 0 Å². The van der Waals surface area contributed by atoms with Crippen molar-refractivity contribution in [2.45, 2.75) is 30.9 Å². The second-order valence-electron chi connectivity index (χ2n) is 5.76. The molecular weight excluding hydrogens is 308 g/mol. The van der Waals surface area contributed by atoms with Gasteiger partial charge in [0, 0.05) is 31.0 Å². The van der Waals surface area contributed by atoms with Crippen molar-refractivity contribution < 1.29 is 4.74 Å². The second-order valence-corrected chi connectivity index (χ2v) is 7.53. The molecule has 1 N–H and O–H groups in total. The molecule has 2 aliphatic heterocycles. The van der Waals surface area contributed by atoms with Crippen molar-refractivity contribution in [1.29, 1.82) is 0 Å². The number of thiophene rings is 1. The van der Waals surface area contributed by atoms with Crippen LogP contribution >= 0.6 is 22.9 Å². The summed E-state index contributed by atoms with van der Waals surface area (Å²) < 4.78 is 8.86. The van der Waals surface area contributed by atoms with Crippen LogP contribution in [0.4, 0.5) is 0 Å². The topological polar surface area (TPSA) is 52.0 Å². The van der Waals surface area contributed by atoms with Gasteiger partial charge in [-0.25, -0.2) is 0 Å². The first-order chi connectivity index (χ1) is 10.2. The summed E-state index contributed by atoms with van der Waals surface area (Å²) in [5.74, 6) is 0. The van der Waals surface area contributed by atoms with Crippen LogP contribution in [0.3, 0.4) is 0 Å². The predicted molar refractivity (Wildman–Crippen MR) is 81.6 cm³/mol. The van der Waals surface area contributed by atoms with Gasteiger partial charge in [0.05, 0.1) is 28.3 Å². The minimum absolute atomic E-state index is 0.178. The highest BCUT2D eigenvalue weighted by Gasteiger charge is 2.44. The molecule has 21 heavy (non-hydrogen) atoms. The highest BCUT2D eigenvalue weighted by Crippen LogP contribution is 2.47. The van der Waals surface area contributed by atoms with Crippen LogP contribution < -0.4 is 5.32 Å². The summed E-state index contributed by atoms with van der Waals surface area (Å²) >= 11 is 7.92. The first kappa shape index (κ1) is 13.7. The van der Waals surface area contributed by atoms with Crippen LogP contribution in [0.2, 0.25) is 4.34 Å². The van der Waals surface area contributed by atoms with Crippen molar-refractivity contribution >= 4 is 22.9 Å². The fourth-order valence-electron chi connectivity index (χ4n) is 3.45. The highest BCUT2D eigenvalue weighted by atomic mass is 35.5. The van der Waals surface area contributed by atoms with Gasteiger partial charge in [-0.15, -0.1) is 16.4 Å². The molecule has 1 saturated heterocycles. The molecule has 7 heteroatoms. The Morgan fingerprint density at radius 2 is 2.48 bits per heavy atom. The number of fused-ring (bicyclic) bond motifs is 2. The average molecular weight is 325 g/mol. The van der Waals surface area contributed by atoms with Gasteiger partial charge in [0.2, 0.25) is 0 Å². The van der Waals surface area contributed by atoms with Gasteiger partial charge in [-0.1, -0.05) is 16.8 Å². The number of aromatic nitrogens is 3. The van der Waals surface area contributed by atoms with Gasteiger partial charge in [-0.3, -0.25) is 4.68 Å². The summed E-state index contributed by atoms with van der Waals surface area (Å²) in [5, 5.41) is 11.8. The molecule has 0 aromatic carbocycles. The van der Waals surface area contributed by atoms with Gasteiger partial charge in [-0.2, -0.15) is 0 Å². The van der Waals surface area contributed by atoms with E-state index in [2.05, 4.69) is 21.7 Å². The van der Waals surface area contributed by atoms with E-state index in [4.69, 9.17) is 16.3 Å². The Balaban J connectivity index is 1.69. The van der Waals surface area contributed by atoms with E-state index in [-0.39, 0.29) is 11.6 Å². The average Bonchev–Trinajstić information content (AvgIpc) is 3.06. The number of halogens is 1. The number of hydrogen-bond acceptors (Lipinski definition) is 5. The van der Waals surface area contributed by atoms with Crippen LogP contribution in [0, 0.1) is 0 Å². The lowest BCUT2D eigenvalue weighted by atomic mass is 9.79. The van der Waals surface area contributed by atoms with Crippen molar-refractivity contribution in [1.82, 2.24) is 20.3 Å². The number of aryl methyl sites for hydroxylation is 1. The number of piperidine rings is 1. The Morgan fingerprint density at radius 1 is 1.57 bits per heavy atom. The molecule has 0 saturated carbocycles. The highest BCUT2D eigenvalue weighted by molar-refractivity contribution is 7.16. The van der Waals surface area contributed by atoms with Gasteiger partial charge in [0.15, 0.2) is 0 Å². The van der Waals surface area contributed by atoms with E-state index in [0.29, 0.717) is 0 Å². The van der Waals surface area contributed by atoms with Gasteiger partial charge < -0.3 is 10.1 Å². The third kappa shape index (κ3) is 2.30. The third-order valence-corrected chi connectivity index (χ3v) is 5.73. The maximum Gasteiger partial charge on any atom is 0.0997 e. The lowest BCUT2D eigenvalue weighted by molar-refractivity contribution is -0.0892. The molecule has 0 amide bonds. The zero-order valence-corrected chi connectivity index (χ0v) is 13.4. The molecule has 2 aromatic heterocycles. The van der Waals surface area contributed by atoms with E-state index < -0.39 is 0 Å². The largest absolute Gasteiger partial charge is 0.370 e. The number of rotatable bonds is 1. The molecule has 1 fully saturated rings. The van der Waals surface area contributed by atoms with E-state index in [1.807, 2.05) is 13.2 Å². The Morgan fingerprint density at radius 3 is 3.29 bits per heavy atom. The van der Waals surface area contributed by atoms with Crippen LogP contribution in [-0.2, 0) is 23.8 Å². The molecule has 2 atom stereocenters. The fourth-order valence-corrected chi connectivity index (χ4v) is 4.79. The van der Waals surface area contributed by atoms with E-state index in [9.17, 15) is 0 Å². The van der Waals surface area contributed by atoms with Crippen LogP contribution in [0.25, 0.3) is 0 Å². The molecule has 2 unspecified atom stereocenters. The smallest absolute Gasteiger partial charge is 0.0997 e. The summed E-state index contributed by atoms with van der Waals surface area (Å²) in [5.41, 5.74) is 2.05. The van der Waals surface area contributed by atoms with Crippen molar-refractivity contribution in [3.05, 3.63) is 32.7 Å². The monoisotopic (exact) mass is 324 g/mol. The summed E-state index contributed by atoms with van der Waals surface area (Å²) in [4.78, 5) is 1.38. The third-order valence-electron chi connectivity index (χ3n) is 4.41. The maximum absolute atomic E-state index is 6.26. The van der Waals surface area contributed by atoms with Crippen molar-refractivity contribution in [2.75, 3.05) is 13.2 Å². The Hall–Kier alpha value is -0.950. The molecule has 112 valence electrons. The van der Waals surface area contributed by atoms with E-state index in [1.54, 1.807) is 16.0 Å². The van der Waals surface area contributed by atoms with Gasteiger partial charge in [0.25, 0.3) is 0 Å². The van der Waals surface area contributed by atoms with Crippen LogP contribution in [0.5, 0.6) is 0 Å². The zero-order chi connectivity index (χ0) is 14.4. The normalized spacial score (nSPS) is 28.8. The quantitative estimate of drug-likeness (QED) is 0.875. The summed E-state index contributed by atoms with van der Waals surface area (Å²) in [6.45, 7) is 1.69. The Labute approximate surface area is 132 Å². The van der Waals surface area contributed by atoms with Crippen LogP contribution in [-0.4, -0.2) is 28.1 Å². The van der Waals surface area contributed by atoms with E-state index in [0.717, 1.165) is 42.4 Å². The Bertz CT molecular complexity index is 670. The standard InChI is InChI=1S/C14H17ClN4OS/c1-19-8-11(17-18-19)10-7-14(3-4-16-10)9-6-13(15)21-12(9)2-5-20-14/h6,8,10,16H,2-5,7H2,1H3. The molecule has 0 aliphatic carbocycles. The predicted octanol–water partition coefficient (Wildman–Crippen LogP) is 2.42. The zero-order valence-electron chi connectivity index (χ0n) is 11.8. The van der Waals surface area contributed by atoms with Gasteiger partial charge in [-0.05, 0) is 24.6 Å². The van der Waals surface area contributed by atoms with Gasteiger partial charge >= 0.3 is 0 Å². The molecule has 0 radical (unpaired) electrons. The number of nitrogens with zero attached hydrogens (tertiary/aromatic N) is 3. The summed E-state index contributed by atoms with van der Waals surface area (Å²) in [6.07, 6.45) is 4.80. The molecule has 2 aliphatic rings. The van der Waals surface area contributed by atoms with Crippen LogP contribution in [0.1, 0.15) is 35.0 Å². The molecule has 0 bridgehead atoms. The molecule has 1 spiro atoms. The van der Waals surface area contributed by atoms with Crippen LogP contribution in [0.15, 0.2) is 12.3 Å². The summed E-state index contributed by atoms with van der Waals surface area (Å²) in [6, 6.07) is 2.27. The lowest BCUT2D eigenvalue weighted by Gasteiger charge is -2.43. The van der Waals surface area contributed by atoms with Crippen molar-refractivity contribution in [3.8, 4) is 0 Å². The Kier molecular flexibility index (Phi) is 3.29. The van der Waals surface area contributed by atoms with Gasteiger partial charge in [0.1, 0.15) is 0 Å². The minimum Gasteiger partial charge on any atom is -0.370 e. The SMILES string of the molecule is Cn1cc(C2CC3(CCN2)OCCc2sc(Cl)cc23)nn1. The summed E-state index contributed by atoms with van der Waals surface area (Å²) in [7, 11) is 1.89. The lowest BCUT2D eigenvalue weighted by Crippen LogP contribution is -2.45. The number of hydrogen-bond donors (Lipinski definition) is 1. The molecule has 4 heterocycles. The first-order valence-electron chi connectivity index (χ1n) is 7.18. The molecule has 4 rings (SSSR count). The first-order valence-corrected chi connectivity index (χ1v) is 8.38. The number of nitrogens with one attached hydrogen (secondary N) is 1. The number of ether oxygens (including phenoxy) is 1. The minimum atomic E-state index is -0.218. The van der Waals surface area contributed by atoms with Crippen molar-refractivity contribution in [3.63, 3.8) is 0 Å². The maximum atomic E-state index is 6.26. The second kappa shape index (κ2) is 5.05. The molecule has 5 nitrogen and oxygen atoms in total.